The number of carbonyl (C=O) groups excluding carboxylic acids is 4. The highest BCUT2D eigenvalue weighted by Crippen LogP contribution is 2.39. The summed E-state index contributed by atoms with van der Waals surface area (Å²) in [4.78, 5) is 51.5. The zero-order chi connectivity index (χ0) is 40.8. The highest BCUT2D eigenvalue weighted by Gasteiger charge is 2.27. The number of rotatable bonds is 19. The van der Waals surface area contributed by atoms with Gasteiger partial charge in [-0.1, -0.05) is 47.5 Å². The Labute approximate surface area is 334 Å². The predicted octanol–water partition coefficient (Wildman–Crippen LogP) is 9.62. The lowest BCUT2D eigenvalue weighted by molar-refractivity contribution is -0.127. The molecular formula is C40H42Cl2N6O8. The maximum absolute atomic E-state index is 13.3. The van der Waals surface area contributed by atoms with Gasteiger partial charge in [-0.3, -0.25) is 19.2 Å². The quantitative estimate of drug-likeness (QED) is 0.0695. The lowest BCUT2D eigenvalue weighted by atomic mass is 10.0. The van der Waals surface area contributed by atoms with Crippen LogP contribution in [0.1, 0.15) is 41.5 Å². The molecule has 0 spiro atoms. The second-order valence-electron chi connectivity index (χ2n) is 11.8. The van der Waals surface area contributed by atoms with Crippen molar-refractivity contribution in [2.24, 2.45) is 20.5 Å². The van der Waals surface area contributed by atoms with Gasteiger partial charge in [0.15, 0.2) is 11.6 Å². The highest BCUT2D eigenvalue weighted by atomic mass is 35.5. The van der Waals surface area contributed by atoms with E-state index in [2.05, 4.69) is 31.1 Å². The van der Waals surface area contributed by atoms with Crippen LogP contribution in [0.2, 0.25) is 10.0 Å². The second-order valence-corrected chi connectivity index (χ2v) is 12.6. The van der Waals surface area contributed by atoms with Crippen molar-refractivity contribution in [3.8, 4) is 34.1 Å². The Kier molecular flexibility index (Phi) is 15.9. The van der Waals surface area contributed by atoms with Crippen LogP contribution in [0.25, 0.3) is 11.1 Å². The number of ether oxygens (including phenoxy) is 4. The Bertz CT molecular complexity index is 1930. The van der Waals surface area contributed by atoms with Gasteiger partial charge in [0.1, 0.15) is 34.4 Å². The first-order valence-electron chi connectivity index (χ1n) is 17.7. The maximum atomic E-state index is 13.3. The molecule has 0 aliphatic heterocycles. The van der Waals surface area contributed by atoms with Gasteiger partial charge in [-0.2, -0.15) is 20.5 Å². The average molecular weight is 806 g/mol. The van der Waals surface area contributed by atoms with Gasteiger partial charge in [-0.25, -0.2) is 0 Å². The van der Waals surface area contributed by atoms with Crippen LogP contribution in [0.5, 0.6) is 23.0 Å². The third kappa shape index (κ3) is 11.1. The third-order valence-corrected chi connectivity index (χ3v) is 8.34. The first-order valence-corrected chi connectivity index (χ1v) is 18.5. The van der Waals surface area contributed by atoms with Crippen molar-refractivity contribution in [2.45, 2.75) is 53.6 Å². The summed E-state index contributed by atoms with van der Waals surface area (Å²) in [6.07, 6.45) is 0. The number of nitrogens with one attached hydrogen (secondary N) is 2. The maximum Gasteiger partial charge on any atom is 0.259 e. The lowest BCUT2D eigenvalue weighted by Gasteiger charge is -2.17. The van der Waals surface area contributed by atoms with Crippen LogP contribution in [-0.2, 0) is 19.2 Å². The molecule has 0 radical (unpaired) electrons. The number of halogens is 2. The monoisotopic (exact) mass is 804 g/mol. The Morgan fingerprint density at radius 1 is 0.554 bits per heavy atom. The number of amides is 2. The van der Waals surface area contributed by atoms with E-state index in [1.807, 2.05) is 0 Å². The van der Waals surface area contributed by atoms with E-state index in [1.165, 1.54) is 26.0 Å². The standard InChI is InChI=1S/C40H42Cl2N6O8/c1-7-53-31-13-11-14-32(54-8-2)37(31)43-39(51)35(23(5)49)47-45-25-17-19-27(29(41)21-25)28-20-18-26(22-30(28)42)46-48-36(24(6)50)40(52)44-38-33(55-9-3)15-12-16-34(38)56-10-4/h11-22,35-36H,7-10H2,1-6H3,(H,43,51)(H,44,52). The van der Waals surface area contributed by atoms with E-state index in [9.17, 15) is 19.2 Å². The van der Waals surface area contributed by atoms with E-state index in [4.69, 9.17) is 42.1 Å². The summed E-state index contributed by atoms with van der Waals surface area (Å²) in [5.74, 6) is -1.01. The second kappa shape index (κ2) is 20.7. The van der Waals surface area contributed by atoms with Crippen LogP contribution in [0.3, 0.4) is 0 Å². The minimum absolute atomic E-state index is 0.251. The van der Waals surface area contributed by atoms with Gasteiger partial charge in [0.25, 0.3) is 11.8 Å². The largest absolute Gasteiger partial charge is 0.492 e. The van der Waals surface area contributed by atoms with Crippen LogP contribution >= 0.6 is 23.2 Å². The van der Waals surface area contributed by atoms with Crippen molar-refractivity contribution in [2.75, 3.05) is 37.1 Å². The molecule has 4 aromatic rings. The molecule has 2 amide bonds. The van der Waals surface area contributed by atoms with Crippen molar-refractivity contribution in [1.82, 2.24) is 0 Å². The van der Waals surface area contributed by atoms with Crippen molar-refractivity contribution in [3.05, 3.63) is 82.8 Å². The lowest BCUT2D eigenvalue weighted by Crippen LogP contribution is -2.32. The number of hydrogen-bond donors (Lipinski definition) is 2. The van der Waals surface area contributed by atoms with Crippen LogP contribution in [0, 0.1) is 0 Å². The number of azo groups is 2. The van der Waals surface area contributed by atoms with Gasteiger partial charge in [-0.05, 0) is 90.1 Å². The van der Waals surface area contributed by atoms with E-state index in [-0.39, 0.29) is 32.8 Å². The summed E-state index contributed by atoms with van der Waals surface area (Å²) in [7, 11) is 0. The molecule has 2 N–H and O–H groups in total. The molecule has 0 fully saturated rings. The molecule has 14 nitrogen and oxygen atoms in total. The number of anilines is 2. The average Bonchev–Trinajstić information content (AvgIpc) is 3.15. The molecular weight excluding hydrogens is 763 g/mol. The predicted molar refractivity (Wildman–Crippen MR) is 215 cm³/mol. The molecule has 2 atom stereocenters. The Morgan fingerprint density at radius 3 is 1.14 bits per heavy atom. The van der Waals surface area contributed by atoms with Crippen molar-refractivity contribution < 1.29 is 38.1 Å². The molecule has 56 heavy (non-hydrogen) atoms. The molecule has 2 unspecified atom stereocenters. The van der Waals surface area contributed by atoms with E-state index in [0.29, 0.717) is 60.6 Å². The summed E-state index contributed by atoms with van der Waals surface area (Å²) in [5.41, 5.74) is 2.17. The number of benzene rings is 4. The molecule has 0 aromatic heterocycles. The molecule has 0 aliphatic rings. The first-order chi connectivity index (χ1) is 26.9. The minimum Gasteiger partial charge on any atom is -0.492 e. The van der Waals surface area contributed by atoms with Gasteiger partial charge in [0.2, 0.25) is 12.1 Å². The Morgan fingerprint density at radius 2 is 0.875 bits per heavy atom. The third-order valence-electron chi connectivity index (χ3n) is 7.71. The van der Waals surface area contributed by atoms with Crippen molar-refractivity contribution >= 4 is 69.3 Å². The van der Waals surface area contributed by atoms with Crippen LogP contribution in [0.15, 0.2) is 93.3 Å². The number of nitrogens with zero attached hydrogens (tertiary/aromatic N) is 4. The number of hydrogen-bond acceptors (Lipinski definition) is 12. The smallest absolute Gasteiger partial charge is 0.259 e. The van der Waals surface area contributed by atoms with E-state index in [0.717, 1.165) is 0 Å². The fourth-order valence-corrected chi connectivity index (χ4v) is 5.76. The summed E-state index contributed by atoms with van der Waals surface area (Å²) >= 11 is 13.3. The van der Waals surface area contributed by atoms with E-state index >= 15 is 0 Å². The molecule has 0 aliphatic carbocycles. The van der Waals surface area contributed by atoms with Gasteiger partial charge in [-0.15, -0.1) is 0 Å². The first kappa shape index (κ1) is 42.9. The van der Waals surface area contributed by atoms with Crippen LogP contribution < -0.4 is 29.6 Å². The van der Waals surface area contributed by atoms with Gasteiger partial charge in [0.05, 0.1) is 47.8 Å². The van der Waals surface area contributed by atoms with Crippen molar-refractivity contribution in [3.63, 3.8) is 0 Å². The molecule has 0 saturated carbocycles. The SMILES string of the molecule is CCOc1cccc(OCC)c1NC(=O)C(N=Nc1ccc(-c2ccc(N=NC(C(C)=O)C(=O)Nc3c(OCC)cccc3OCC)cc2Cl)c(Cl)c1)C(C)=O. The Hall–Kier alpha value is -5.86. The fourth-order valence-electron chi connectivity index (χ4n) is 5.21. The normalized spacial score (nSPS) is 12.2. The number of carbonyl (C=O) groups is 4. The summed E-state index contributed by atoms with van der Waals surface area (Å²) in [5, 5.41) is 22.2. The summed E-state index contributed by atoms with van der Waals surface area (Å²) in [6.45, 7) is 11.1. The molecule has 0 bridgehead atoms. The van der Waals surface area contributed by atoms with Gasteiger partial charge < -0.3 is 29.6 Å². The van der Waals surface area contributed by atoms with Crippen molar-refractivity contribution in [1.29, 1.82) is 0 Å². The van der Waals surface area contributed by atoms with Crippen LogP contribution in [0.4, 0.5) is 22.7 Å². The molecule has 4 rings (SSSR count). The zero-order valence-corrected chi connectivity index (χ0v) is 33.2. The summed E-state index contributed by atoms with van der Waals surface area (Å²) in [6, 6.07) is 16.7. The molecule has 0 saturated heterocycles. The summed E-state index contributed by atoms with van der Waals surface area (Å²) < 4.78 is 22.6. The molecule has 294 valence electrons. The fraction of sp³-hybridized carbons (Fsp3) is 0.300. The highest BCUT2D eigenvalue weighted by molar-refractivity contribution is 6.36. The van der Waals surface area contributed by atoms with E-state index < -0.39 is 35.5 Å². The Balaban J connectivity index is 1.51. The number of ketones is 2. The van der Waals surface area contributed by atoms with Gasteiger partial charge >= 0.3 is 0 Å². The number of Topliss-reactive ketones (excluding diaryl/α,β-unsaturated/α-hetero) is 2. The zero-order valence-electron chi connectivity index (χ0n) is 31.7. The molecule has 0 heterocycles. The topological polar surface area (TPSA) is 179 Å². The van der Waals surface area contributed by atoms with Gasteiger partial charge in [0, 0.05) is 11.1 Å². The van der Waals surface area contributed by atoms with E-state index in [1.54, 1.807) is 88.4 Å². The van der Waals surface area contributed by atoms with Crippen LogP contribution in [-0.4, -0.2) is 61.9 Å². The molecule has 16 heteroatoms. The minimum atomic E-state index is -1.47. The number of para-hydroxylation sites is 2. The molecule has 4 aromatic carbocycles.